The zero-order valence-corrected chi connectivity index (χ0v) is 15.4. The summed E-state index contributed by atoms with van der Waals surface area (Å²) < 4.78 is 5.72. The van der Waals surface area contributed by atoms with E-state index in [-0.39, 0.29) is 25.3 Å². The second-order valence-corrected chi connectivity index (χ2v) is 6.50. The Morgan fingerprint density at radius 3 is 2.56 bits per heavy atom. The van der Waals surface area contributed by atoms with Crippen molar-refractivity contribution in [3.63, 3.8) is 0 Å². The van der Waals surface area contributed by atoms with E-state index in [0.29, 0.717) is 27.8 Å². The van der Waals surface area contributed by atoms with Crippen molar-refractivity contribution >= 4 is 17.5 Å². The predicted octanol–water partition coefficient (Wildman–Crippen LogP) is 2.53. The fraction of sp³-hybridized carbons (Fsp3) is 0.211. The van der Waals surface area contributed by atoms with Crippen molar-refractivity contribution in [3.05, 3.63) is 79.3 Å². The van der Waals surface area contributed by atoms with Gasteiger partial charge in [-0.05, 0) is 49.7 Å². The van der Waals surface area contributed by atoms with Crippen LogP contribution in [-0.4, -0.2) is 15.9 Å². The van der Waals surface area contributed by atoms with Gasteiger partial charge in [-0.25, -0.2) is 4.79 Å². The number of H-pyrrole nitrogens is 2. The van der Waals surface area contributed by atoms with Crippen molar-refractivity contribution < 1.29 is 9.21 Å². The molecule has 0 bridgehead atoms. The van der Waals surface area contributed by atoms with Crippen LogP contribution in [0, 0.1) is 6.92 Å². The highest BCUT2D eigenvalue weighted by Gasteiger charge is 2.10. The van der Waals surface area contributed by atoms with Crippen molar-refractivity contribution in [2.45, 2.75) is 26.3 Å². The Kier molecular flexibility index (Phi) is 5.61. The molecule has 0 unspecified atom stereocenters. The zero-order valence-electron chi connectivity index (χ0n) is 14.6. The van der Waals surface area contributed by atoms with Crippen LogP contribution in [0.15, 0.2) is 50.4 Å². The number of aromatic nitrogens is 2. The predicted molar refractivity (Wildman–Crippen MR) is 102 cm³/mol. The SMILES string of the molecule is Cc1[nH]c(=O)[nH]c(=O)c1CCC(=O)NCc1ccc(-c2ccc(Cl)cc2)o1. The Morgan fingerprint density at radius 2 is 1.85 bits per heavy atom. The number of amides is 1. The molecule has 140 valence electrons. The maximum absolute atomic E-state index is 12.0. The first-order chi connectivity index (χ1) is 12.9. The highest BCUT2D eigenvalue weighted by Crippen LogP contribution is 2.23. The van der Waals surface area contributed by atoms with Gasteiger partial charge in [-0.1, -0.05) is 11.6 Å². The Morgan fingerprint density at radius 1 is 1.11 bits per heavy atom. The van der Waals surface area contributed by atoms with E-state index in [2.05, 4.69) is 15.3 Å². The van der Waals surface area contributed by atoms with E-state index in [4.69, 9.17) is 16.0 Å². The summed E-state index contributed by atoms with van der Waals surface area (Å²) in [6.45, 7) is 1.87. The number of nitrogens with one attached hydrogen (secondary N) is 3. The lowest BCUT2D eigenvalue weighted by Crippen LogP contribution is -2.29. The van der Waals surface area contributed by atoms with E-state index in [0.717, 1.165) is 5.56 Å². The van der Waals surface area contributed by atoms with Crippen molar-refractivity contribution in [3.8, 4) is 11.3 Å². The molecule has 2 aromatic heterocycles. The van der Waals surface area contributed by atoms with Crippen molar-refractivity contribution in [1.29, 1.82) is 0 Å². The number of benzene rings is 1. The largest absolute Gasteiger partial charge is 0.459 e. The average molecular weight is 388 g/mol. The standard InChI is InChI=1S/C19H18ClN3O4/c1-11-15(18(25)23-19(26)22-11)7-9-17(24)21-10-14-6-8-16(27-14)12-2-4-13(20)5-3-12/h2-6,8H,7,9-10H2,1H3,(H,21,24)(H2,22,23,25,26). The Labute approximate surface area is 159 Å². The first-order valence-electron chi connectivity index (χ1n) is 8.36. The Bertz CT molecular complexity index is 1060. The molecule has 1 amide bonds. The molecule has 0 radical (unpaired) electrons. The molecule has 7 nitrogen and oxygen atoms in total. The van der Waals surface area contributed by atoms with E-state index in [9.17, 15) is 14.4 Å². The Balaban J connectivity index is 1.55. The molecule has 0 spiro atoms. The molecule has 1 aromatic carbocycles. The second kappa shape index (κ2) is 8.09. The van der Waals surface area contributed by atoms with Gasteiger partial charge in [0.05, 0.1) is 6.54 Å². The number of aryl methyl sites for hydroxylation is 1. The van der Waals surface area contributed by atoms with Crippen LogP contribution in [0.2, 0.25) is 5.02 Å². The summed E-state index contributed by atoms with van der Waals surface area (Å²) in [6.07, 6.45) is 0.360. The minimum absolute atomic E-state index is 0.126. The van der Waals surface area contributed by atoms with E-state index in [1.54, 1.807) is 25.1 Å². The lowest BCUT2D eigenvalue weighted by molar-refractivity contribution is -0.121. The number of carbonyl (C=O) groups is 1. The minimum Gasteiger partial charge on any atom is -0.459 e. The number of hydrogen-bond donors (Lipinski definition) is 3. The zero-order chi connectivity index (χ0) is 19.4. The molecule has 0 aliphatic rings. The third kappa shape index (κ3) is 4.77. The lowest BCUT2D eigenvalue weighted by atomic mass is 10.1. The van der Waals surface area contributed by atoms with Crippen LogP contribution in [0.5, 0.6) is 0 Å². The molecular formula is C19H18ClN3O4. The van der Waals surface area contributed by atoms with Crippen LogP contribution in [0.4, 0.5) is 0 Å². The molecule has 3 aromatic rings. The van der Waals surface area contributed by atoms with Gasteiger partial charge in [-0.3, -0.25) is 14.6 Å². The molecule has 3 N–H and O–H groups in total. The molecule has 0 atom stereocenters. The summed E-state index contributed by atoms with van der Waals surface area (Å²) >= 11 is 5.87. The van der Waals surface area contributed by atoms with Crippen LogP contribution < -0.4 is 16.6 Å². The van der Waals surface area contributed by atoms with Crippen molar-refractivity contribution in [2.24, 2.45) is 0 Å². The number of furan rings is 1. The molecule has 0 aliphatic carbocycles. The smallest absolute Gasteiger partial charge is 0.325 e. The topological polar surface area (TPSA) is 108 Å². The summed E-state index contributed by atoms with van der Waals surface area (Å²) in [6, 6.07) is 10.9. The van der Waals surface area contributed by atoms with Crippen LogP contribution in [0.25, 0.3) is 11.3 Å². The van der Waals surface area contributed by atoms with E-state index < -0.39 is 11.2 Å². The molecule has 0 aliphatic heterocycles. The van der Waals surface area contributed by atoms with Crippen LogP contribution in [-0.2, 0) is 17.8 Å². The third-order valence-electron chi connectivity index (χ3n) is 4.11. The molecule has 0 fully saturated rings. The van der Waals surface area contributed by atoms with Crippen molar-refractivity contribution in [1.82, 2.24) is 15.3 Å². The molecule has 8 heteroatoms. The van der Waals surface area contributed by atoms with Gasteiger partial charge in [0.15, 0.2) is 0 Å². The molecule has 0 saturated heterocycles. The second-order valence-electron chi connectivity index (χ2n) is 6.06. The van der Waals surface area contributed by atoms with E-state index >= 15 is 0 Å². The third-order valence-corrected chi connectivity index (χ3v) is 4.36. The molecule has 27 heavy (non-hydrogen) atoms. The summed E-state index contributed by atoms with van der Waals surface area (Å²) in [5.74, 6) is 1.09. The summed E-state index contributed by atoms with van der Waals surface area (Å²) in [5, 5.41) is 3.40. The normalized spacial score (nSPS) is 10.7. The van der Waals surface area contributed by atoms with Gasteiger partial charge in [0.25, 0.3) is 5.56 Å². The van der Waals surface area contributed by atoms with Crippen LogP contribution in [0.1, 0.15) is 23.4 Å². The van der Waals surface area contributed by atoms with Gasteiger partial charge in [0.1, 0.15) is 11.5 Å². The maximum Gasteiger partial charge on any atom is 0.325 e. The minimum atomic E-state index is -0.556. The van der Waals surface area contributed by atoms with Gasteiger partial charge in [0.2, 0.25) is 5.91 Å². The quantitative estimate of drug-likeness (QED) is 0.604. The summed E-state index contributed by atoms with van der Waals surface area (Å²) in [4.78, 5) is 39.7. The summed E-state index contributed by atoms with van der Waals surface area (Å²) in [5.41, 5.74) is 0.732. The Hall–Kier alpha value is -3.06. The van der Waals surface area contributed by atoms with Gasteiger partial charge in [-0.2, -0.15) is 0 Å². The van der Waals surface area contributed by atoms with Crippen molar-refractivity contribution in [2.75, 3.05) is 0 Å². The molecule has 3 rings (SSSR count). The number of rotatable bonds is 6. The first-order valence-corrected chi connectivity index (χ1v) is 8.73. The van der Waals surface area contributed by atoms with E-state index in [1.807, 2.05) is 18.2 Å². The molecule has 0 saturated carbocycles. The number of aromatic amines is 2. The fourth-order valence-corrected chi connectivity index (χ4v) is 2.81. The number of hydrogen-bond acceptors (Lipinski definition) is 4. The average Bonchev–Trinajstić information content (AvgIpc) is 3.08. The van der Waals surface area contributed by atoms with Gasteiger partial charge in [-0.15, -0.1) is 0 Å². The maximum atomic E-state index is 12.0. The van der Waals surface area contributed by atoms with Crippen LogP contribution >= 0.6 is 11.6 Å². The van der Waals surface area contributed by atoms with Gasteiger partial charge < -0.3 is 14.7 Å². The van der Waals surface area contributed by atoms with E-state index in [1.165, 1.54) is 0 Å². The fourth-order valence-electron chi connectivity index (χ4n) is 2.68. The highest BCUT2D eigenvalue weighted by atomic mass is 35.5. The number of halogens is 1. The highest BCUT2D eigenvalue weighted by molar-refractivity contribution is 6.30. The molecular weight excluding hydrogens is 370 g/mol. The van der Waals surface area contributed by atoms with Gasteiger partial charge >= 0.3 is 5.69 Å². The first kappa shape index (κ1) is 18.7. The number of carbonyl (C=O) groups excluding carboxylic acids is 1. The lowest BCUT2D eigenvalue weighted by Gasteiger charge is -2.05. The summed E-state index contributed by atoms with van der Waals surface area (Å²) in [7, 11) is 0. The monoisotopic (exact) mass is 387 g/mol. The van der Waals surface area contributed by atoms with Gasteiger partial charge in [0, 0.05) is 28.3 Å². The van der Waals surface area contributed by atoms with Crippen LogP contribution in [0.3, 0.4) is 0 Å². The molecule has 2 heterocycles.